The standard InChI is InChI=1S/C23H29N3O3.C6H5Cl/c1-17-15-26(21-7-9-22(10-8-21)29-12-11-27)18(2)14-25(17)16-23(28)20-5-3-19(13-24)4-6-20;7-6-4-2-1-3-5-6/h3-10,17-18,23,27-28H,11-12,14-16H2,1-2H3;1-5H/t17-,18-,23?;/m1./s1. The Morgan fingerprint density at radius 3 is 2.19 bits per heavy atom. The van der Waals surface area contributed by atoms with E-state index in [2.05, 4.69) is 41.8 Å². The van der Waals surface area contributed by atoms with E-state index < -0.39 is 6.10 Å². The summed E-state index contributed by atoms with van der Waals surface area (Å²) in [6.07, 6.45) is -0.577. The molecule has 0 aliphatic carbocycles. The average molecular weight is 508 g/mol. The van der Waals surface area contributed by atoms with Gasteiger partial charge >= 0.3 is 0 Å². The van der Waals surface area contributed by atoms with Gasteiger partial charge < -0.3 is 19.8 Å². The van der Waals surface area contributed by atoms with Gasteiger partial charge in [-0.1, -0.05) is 41.9 Å². The van der Waals surface area contributed by atoms with Crippen LogP contribution in [0.25, 0.3) is 0 Å². The van der Waals surface area contributed by atoms with Crippen LogP contribution >= 0.6 is 11.6 Å². The fourth-order valence-corrected chi connectivity index (χ4v) is 4.38. The van der Waals surface area contributed by atoms with E-state index >= 15 is 0 Å². The second-order valence-corrected chi connectivity index (χ2v) is 9.35. The van der Waals surface area contributed by atoms with E-state index in [0.717, 1.165) is 35.1 Å². The molecule has 0 saturated carbocycles. The molecular formula is C29H34ClN3O3. The maximum Gasteiger partial charge on any atom is 0.119 e. The number of hydrogen-bond donors (Lipinski definition) is 2. The quantitative estimate of drug-likeness (QED) is 0.473. The maximum atomic E-state index is 10.7. The van der Waals surface area contributed by atoms with Crippen molar-refractivity contribution in [2.75, 3.05) is 37.7 Å². The van der Waals surface area contributed by atoms with Crippen molar-refractivity contribution < 1.29 is 14.9 Å². The van der Waals surface area contributed by atoms with E-state index in [-0.39, 0.29) is 6.61 Å². The van der Waals surface area contributed by atoms with E-state index in [4.69, 9.17) is 26.7 Å². The number of β-amino-alcohol motifs (C(OH)–C–C–N with tert-alkyl or cyclic N) is 1. The molecule has 1 aliphatic rings. The van der Waals surface area contributed by atoms with Crippen molar-refractivity contribution in [3.8, 4) is 11.8 Å². The highest BCUT2D eigenvalue weighted by atomic mass is 35.5. The van der Waals surface area contributed by atoms with E-state index in [9.17, 15) is 5.11 Å². The zero-order chi connectivity index (χ0) is 25.9. The second kappa shape index (κ2) is 13.9. The summed E-state index contributed by atoms with van der Waals surface area (Å²) in [5.74, 6) is 0.757. The Labute approximate surface area is 218 Å². The SMILES string of the molecule is C[C@@H]1CN(c2ccc(OCCO)cc2)[C@H](C)CN1CC(O)c1ccc(C#N)cc1.Clc1ccccc1. The Bertz CT molecular complexity index is 1090. The topological polar surface area (TPSA) is 80.0 Å². The average Bonchev–Trinajstić information content (AvgIpc) is 2.90. The molecule has 1 heterocycles. The molecule has 0 aromatic heterocycles. The van der Waals surface area contributed by atoms with Gasteiger partial charge in [0, 0.05) is 42.4 Å². The number of nitrogens with zero attached hydrogens (tertiary/aromatic N) is 3. The van der Waals surface area contributed by atoms with Gasteiger partial charge in [0.1, 0.15) is 12.4 Å². The summed E-state index contributed by atoms with van der Waals surface area (Å²) in [7, 11) is 0. The van der Waals surface area contributed by atoms with Gasteiger partial charge in [0.25, 0.3) is 0 Å². The van der Waals surface area contributed by atoms with Gasteiger partial charge in [-0.05, 0) is 67.9 Å². The molecule has 1 aliphatic heterocycles. The summed E-state index contributed by atoms with van der Waals surface area (Å²) in [4.78, 5) is 4.70. The van der Waals surface area contributed by atoms with Gasteiger partial charge in [-0.2, -0.15) is 5.26 Å². The van der Waals surface area contributed by atoms with E-state index in [1.54, 1.807) is 12.1 Å². The molecular weight excluding hydrogens is 474 g/mol. The molecule has 3 aromatic rings. The third-order valence-corrected chi connectivity index (χ3v) is 6.46. The summed E-state index contributed by atoms with van der Waals surface area (Å²) in [5.41, 5.74) is 2.59. The molecule has 0 bridgehead atoms. The maximum absolute atomic E-state index is 10.7. The first-order chi connectivity index (χ1) is 17.4. The number of aliphatic hydroxyl groups is 2. The Balaban J connectivity index is 0.000000444. The Hall–Kier alpha value is -3.08. The first kappa shape index (κ1) is 27.5. The molecule has 190 valence electrons. The van der Waals surface area contributed by atoms with Crippen molar-refractivity contribution >= 4 is 17.3 Å². The van der Waals surface area contributed by atoms with Crippen LogP contribution in [0.2, 0.25) is 5.02 Å². The molecule has 2 N–H and O–H groups in total. The Morgan fingerprint density at radius 2 is 1.64 bits per heavy atom. The van der Waals surface area contributed by atoms with Crippen molar-refractivity contribution in [1.82, 2.24) is 4.90 Å². The summed E-state index contributed by atoms with van der Waals surface area (Å²) in [6.45, 7) is 6.99. The third-order valence-electron chi connectivity index (χ3n) is 6.21. The normalized spacial score (nSPS) is 18.5. The van der Waals surface area contributed by atoms with E-state index in [1.807, 2.05) is 54.6 Å². The lowest BCUT2D eigenvalue weighted by Gasteiger charge is -2.46. The van der Waals surface area contributed by atoms with Gasteiger partial charge in [-0.25, -0.2) is 0 Å². The number of halogens is 1. The van der Waals surface area contributed by atoms with Crippen molar-refractivity contribution in [3.05, 3.63) is 95.0 Å². The molecule has 1 saturated heterocycles. The van der Waals surface area contributed by atoms with Crippen LogP contribution in [-0.4, -0.2) is 60.0 Å². The van der Waals surface area contributed by atoms with Crippen LogP contribution in [-0.2, 0) is 0 Å². The van der Waals surface area contributed by atoms with Crippen LogP contribution in [0, 0.1) is 11.3 Å². The molecule has 1 unspecified atom stereocenters. The highest BCUT2D eigenvalue weighted by molar-refractivity contribution is 6.30. The van der Waals surface area contributed by atoms with Gasteiger partial charge in [0.05, 0.1) is 24.3 Å². The lowest BCUT2D eigenvalue weighted by molar-refractivity contribution is 0.0761. The minimum Gasteiger partial charge on any atom is -0.491 e. The van der Waals surface area contributed by atoms with Crippen molar-refractivity contribution in [2.45, 2.75) is 32.0 Å². The molecule has 3 atom stereocenters. The van der Waals surface area contributed by atoms with Crippen molar-refractivity contribution in [3.63, 3.8) is 0 Å². The molecule has 36 heavy (non-hydrogen) atoms. The first-order valence-electron chi connectivity index (χ1n) is 12.1. The van der Waals surface area contributed by atoms with E-state index in [1.165, 1.54) is 0 Å². The first-order valence-corrected chi connectivity index (χ1v) is 12.5. The summed E-state index contributed by atoms with van der Waals surface area (Å²) >= 11 is 5.54. The van der Waals surface area contributed by atoms with Crippen molar-refractivity contribution in [1.29, 1.82) is 5.26 Å². The van der Waals surface area contributed by atoms with Crippen LogP contribution in [0.15, 0.2) is 78.9 Å². The summed E-state index contributed by atoms with van der Waals surface area (Å²) in [6, 6.07) is 27.3. The lowest BCUT2D eigenvalue weighted by Crippen LogP contribution is -2.57. The highest BCUT2D eigenvalue weighted by Crippen LogP contribution is 2.27. The van der Waals surface area contributed by atoms with Crippen molar-refractivity contribution in [2.24, 2.45) is 0 Å². The number of benzene rings is 3. The Morgan fingerprint density at radius 1 is 0.972 bits per heavy atom. The molecule has 4 rings (SSSR count). The molecule has 0 spiro atoms. The number of hydrogen-bond acceptors (Lipinski definition) is 6. The van der Waals surface area contributed by atoms with Gasteiger partial charge in [0.15, 0.2) is 0 Å². The molecule has 7 heteroatoms. The Kier molecular flexibility index (Phi) is 10.6. The number of rotatable bonds is 7. The third kappa shape index (κ3) is 7.97. The van der Waals surface area contributed by atoms with Crippen LogP contribution in [0.3, 0.4) is 0 Å². The molecule has 1 fully saturated rings. The van der Waals surface area contributed by atoms with Gasteiger partial charge in [0.2, 0.25) is 0 Å². The highest BCUT2D eigenvalue weighted by Gasteiger charge is 2.30. The minimum atomic E-state index is -0.577. The zero-order valence-corrected chi connectivity index (χ0v) is 21.6. The lowest BCUT2D eigenvalue weighted by atomic mass is 10.0. The zero-order valence-electron chi connectivity index (χ0n) is 20.8. The van der Waals surface area contributed by atoms with E-state index in [0.29, 0.717) is 30.8 Å². The number of anilines is 1. The number of ether oxygens (including phenoxy) is 1. The van der Waals surface area contributed by atoms with Gasteiger partial charge in [-0.3, -0.25) is 4.90 Å². The van der Waals surface area contributed by atoms with Crippen LogP contribution in [0.5, 0.6) is 5.75 Å². The summed E-state index contributed by atoms with van der Waals surface area (Å²) < 4.78 is 5.44. The fraction of sp³-hybridized carbons (Fsp3) is 0.345. The monoisotopic (exact) mass is 507 g/mol. The summed E-state index contributed by atoms with van der Waals surface area (Å²) in [5, 5.41) is 29.2. The molecule has 6 nitrogen and oxygen atoms in total. The predicted molar refractivity (Wildman–Crippen MR) is 144 cm³/mol. The number of nitriles is 1. The largest absolute Gasteiger partial charge is 0.491 e. The number of piperazine rings is 1. The van der Waals surface area contributed by atoms with Crippen LogP contribution in [0.4, 0.5) is 5.69 Å². The van der Waals surface area contributed by atoms with Crippen LogP contribution < -0.4 is 9.64 Å². The predicted octanol–water partition coefficient (Wildman–Crippen LogP) is 4.90. The molecule has 0 radical (unpaired) electrons. The van der Waals surface area contributed by atoms with Crippen LogP contribution in [0.1, 0.15) is 31.1 Å². The fourth-order valence-electron chi connectivity index (χ4n) is 4.23. The second-order valence-electron chi connectivity index (χ2n) is 8.92. The molecule has 3 aromatic carbocycles. The van der Waals surface area contributed by atoms with Gasteiger partial charge in [-0.15, -0.1) is 0 Å². The smallest absolute Gasteiger partial charge is 0.119 e. The minimum absolute atomic E-state index is 0.00653. The number of aliphatic hydroxyl groups excluding tert-OH is 2. The molecule has 0 amide bonds.